The van der Waals surface area contributed by atoms with E-state index in [4.69, 9.17) is 23.2 Å². The predicted octanol–water partition coefficient (Wildman–Crippen LogP) is 3.16. The molecule has 1 heterocycles. The Hall–Kier alpha value is -0.930. The second kappa shape index (κ2) is 5.59. The van der Waals surface area contributed by atoms with E-state index in [0.717, 1.165) is 31.2 Å². The predicted molar refractivity (Wildman–Crippen MR) is 82.4 cm³/mol. The molecule has 104 valence electrons. The number of rotatable bonds is 3. The van der Waals surface area contributed by atoms with Gasteiger partial charge < -0.3 is 10.2 Å². The second-order valence-corrected chi connectivity index (χ2v) is 6.31. The van der Waals surface area contributed by atoms with Gasteiger partial charge in [-0.2, -0.15) is 0 Å². The van der Waals surface area contributed by atoms with Gasteiger partial charge in [-0.15, -0.1) is 0 Å². The molecule has 0 fully saturated rings. The summed E-state index contributed by atoms with van der Waals surface area (Å²) in [6.07, 6.45) is 0. The lowest BCUT2D eigenvalue weighted by Crippen LogP contribution is -2.42. The van der Waals surface area contributed by atoms with Crippen molar-refractivity contribution in [2.45, 2.75) is 19.3 Å². The molecule has 0 saturated carbocycles. The van der Waals surface area contributed by atoms with Gasteiger partial charge in [-0.05, 0) is 17.7 Å². The van der Waals surface area contributed by atoms with E-state index in [-0.39, 0.29) is 5.41 Å². The van der Waals surface area contributed by atoms with Gasteiger partial charge in [0, 0.05) is 25.6 Å². The van der Waals surface area contributed by atoms with Crippen LogP contribution in [0.2, 0.25) is 10.0 Å². The topological polar surface area (TPSA) is 27.6 Å². The molecular formula is C14H19Cl2N3. The third-order valence-electron chi connectivity index (χ3n) is 3.45. The average molecular weight is 300 g/mol. The van der Waals surface area contributed by atoms with Crippen LogP contribution in [0.15, 0.2) is 23.2 Å². The summed E-state index contributed by atoms with van der Waals surface area (Å²) in [6.45, 7) is 7.00. The molecule has 3 nitrogen and oxygen atoms in total. The van der Waals surface area contributed by atoms with Crippen LogP contribution in [0.1, 0.15) is 19.4 Å². The first-order valence-corrected chi connectivity index (χ1v) is 7.11. The van der Waals surface area contributed by atoms with E-state index in [0.29, 0.717) is 10.0 Å². The monoisotopic (exact) mass is 299 g/mol. The quantitative estimate of drug-likeness (QED) is 0.928. The SMILES string of the molecule is CN1CCN=C1NCC(C)(C)c1ccc(Cl)c(Cl)c1. The maximum atomic E-state index is 6.09. The summed E-state index contributed by atoms with van der Waals surface area (Å²) in [6, 6.07) is 5.81. The maximum Gasteiger partial charge on any atom is 0.193 e. The number of hydrogen-bond donors (Lipinski definition) is 1. The van der Waals surface area contributed by atoms with E-state index in [1.165, 1.54) is 0 Å². The van der Waals surface area contributed by atoms with Crippen molar-refractivity contribution in [3.05, 3.63) is 33.8 Å². The minimum atomic E-state index is -0.0415. The number of aliphatic imine (C=N–C) groups is 1. The Balaban J connectivity index is 2.07. The van der Waals surface area contributed by atoms with Gasteiger partial charge in [0.1, 0.15) is 0 Å². The summed E-state index contributed by atoms with van der Waals surface area (Å²) < 4.78 is 0. The zero-order chi connectivity index (χ0) is 14.0. The first kappa shape index (κ1) is 14.5. The van der Waals surface area contributed by atoms with Gasteiger partial charge >= 0.3 is 0 Å². The molecule has 2 rings (SSSR count). The highest BCUT2D eigenvalue weighted by molar-refractivity contribution is 6.42. The third-order valence-corrected chi connectivity index (χ3v) is 4.19. The first-order chi connectivity index (χ1) is 8.90. The summed E-state index contributed by atoms with van der Waals surface area (Å²) in [7, 11) is 2.05. The Kier molecular flexibility index (Phi) is 4.26. The third kappa shape index (κ3) is 3.34. The van der Waals surface area contributed by atoms with Crippen molar-refractivity contribution in [3.63, 3.8) is 0 Å². The molecule has 0 saturated heterocycles. The summed E-state index contributed by atoms with van der Waals surface area (Å²) in [5.41, 5.74) is 1.12. The Morgan fingerprint density at radius 2 is 2.05 bits per heavy atom. The molecule has 0 unspecified atom stereocenters. The number of likely N-dealkylation sites (N-methyl/N-ethyl adjacent to an activating group) is 1. The Bertz CT molecular complexity index is 497. The van der Waals surface area contributed by atoms with Crippen molar-refractivity contribution < 1.29 is 0 Å². The number of halogens is 2. The van der Waals surface area contributed by atoms with Gasteiger partial charge in [0.05, 0.1) is 16.6 Å². The molecule has 1 N–H and O–H groups in total. The summed E-state index contributed by atoms with van der Waals surface area (Å²) in [5.74, 6) is 0.966. The molecule has 1 aromatic carbocycles. The van der Waals surface area contributed by atoms with Gasteiger partial charge in [0.2, 0.25) is 0 Å². The van der Waals surface area contributed by atoms with Crippen molar-refractivity contribution in [1.82, 2.24) is 10.2 Å². The molecule has 0 aromatic heterocycles. The largest absolute Gasteiger partial charge is 0.355 e. The molecule has 0 aliphatic carbocycles. The van der Waals surface area contributed by atoms with E-state index >= 15 is 0 Å². The van der Waals surface area contributed by atoms with Crippen molar-refractivity contribution in [1.29, 1.82) is 0 Å². The number of nitrogens with one attached hydrogen (secondary N) is 1. The molecule has 1 aliphatic rings. The summed E-state index contributed by atoms with van der Waals surface area (Å²) in [5, 5.41) is 4.60. The Labute approximate surface area is 124 Å². The summed E-state index contributed by atoms with van der Waals surface area (Å²) in [4.78, 5) is 6.56. The van der Waals surface area contributed by atoms with Crippen LogP contribution in [0.5, 0.6) is 0 Å². The second-order valence-electron chi connectivity index (χ2n) is 5.49. The molecule has 1 aliphatic heterocycles. The molecule has 1 aromatic rings. The van der Waals surface area contributed by atoms with Crippen molar-refractivity contribution >= 4 is 29.2 Å². The molecule has 0 atom stereocenters. The average Bonchev–Trinajstić information content (AvgIpc) is 2.76. The number of nitrogens with zero attached hydrogens (tertiary/aromatic N) is 2. The molecule has 0 amide bonds. The molecule has 0 radical (unpaired) electrons. The van der Waals surface area contributed by atoms with Crippen molar-refractivity contribution in [3.8, 4) is 0 Å². The molecule has 0 bridgehead atoms. The number of benzene rings is 1. The van der Waals surface area contributed by atoms with Gasteiger partial charge in [-0.25, -0.2) is 0 Å². The molecule has 19 heavy (non-hydrogen) atoms. The van der Waals surface area contributed by atoms with Crippen molar-refractivity contribution in [2.75, 3.05) is 26.7 Å². The molecule has 0 spiro atoms. The van der Waals surface area contributed by atoms with E-state index in [1.807, 2.05) is 25.2 Å². The first-order valence-electron chi connectivity index (χ1n) is 6.35. The van der Waals surface area contributed by atoms with E-state index in [9.17, 15) is 0 Å². The van der Waals surface area contributed by atoms with Crippen molar-refractivity contribution in [2.24, 2.45) is 4.99 Å². The van der Waals surface area contributed by atoms with Crippen LogP contribution in [-0.2, 0) is 5.41 Å². The fraction of sp³-hybridized carbons (Fsp3) is 0.500. The maximum absolute atomic E-state index is 6.09. The fourth-order valence-corrected chi connectivity index (χ4v) is 2.34. The Morgan fingerprint density at radius 3 is 2.63 bits per heavy atom. The lowest BCUT2D eigenvalue weighted by molar-refractivity contribution is 0.481. The highest BCUT2D eigenvalue weighted by Crippen LogP contribution is 2.29. The molecule has 5 heteroatoms. The van der Waals surface area contributed by atoms with Gasteiger partial charge in [0.15, 0.2) is 5.96 Å². The van der Waals surface area contributed by atoms with Crippen LogP contribution in [-0.4, -0.2) is 37.5 Å². The Morgan fingerprint density at radius 1 is 1.32 bits per heavy atom. The molecular weight excluding hydrogens is 281 g/mol. The number of hydrogen-bond acceptors (Lipinski definition) is 3. The highest BCUT2D eigenvalue weighted by atomic mass is 35.5. The standard InChI is InChI=1S/C14H19Cl2N3/c1-14(2,9-18-13-17-6-7-19(13)3)10-4-5-11(15)12(16)8-10/h4-5,8H,6-7,9H2,1-3H3,(H,17,18). The van der Waals surface area contributed by atoms with Crippen LogP contribution >= 0.6 is 23.2 Å². The normalized spacial score (nSPS) is 15.6. The summed E-state index contributed by atoms with van der Waals surface area (Å²) >= 11 is 12.0. The zero-order valence-electron chi connectivity index (χ0n) is 11.5. The lowest BCUT2D eigenvalue weighted by Gasteiger charge is -2.28. The minimum absolute atomic E-state index is 0.0415. The highest BCUT2D eigenvalue weighted by Gasteiger charge is 2.23. The van der Waals surface area contributed by atoms with E-state index < -0.39 is 0 Å². The lowest BCUT2D eigenvalue weighted by atomic mass is 9.84. The van der Waals surface area contributed by atoms with Gasteiger partial charge in [-0.1, -0.05) is 43.1 Å². The zero-order valence-corrected chi connectivity index (χ0v) is 13.0. The van der Waals surface area contributed by atoms with Crippen LogP contribution in [0.4, 0.5) is 0 Å². The van der Waals surface area contributed by atoms with E-state index in [1.54, 1.807) is 0 Å². The minimum Gasteiger partial charge on any atom is -0.355 e. The van der Waals surface area contributed by atoms with Crippen LogP contribution in [0, 0.1) is 0 Å². The smallest absolute Gasteiger partial charge is 0.193 e. The number of guanidine groups is 1. The van der Waals surface area contributed by atoms with Gasteiger partial charge in [-0.3, -0.25) is 4.99 Å². The van der Waals surface area contributed by atoms with Crippen LogP contribution < -0.4 is 5.32 Å². The fourth-order valence-electron chi connectivity index (χ4n) is 2.04. The van der Waals surface area contributed by atoms with E-state index in [2.05, 4.69) is 29.1 Å². The van der Waals surface area contributed by atoms with Crippen LogP contribution in [0.25, 0.3) is 0 Å². The van der Waals surface area contributed by atoms with Gasteiger partial charge in [0.25, 0.3) is 0 Å². The van der Waals surface area contributed by atoms with Crippen LogP contribution in [0.3, 0.4) is 0 Å².